The monoisotopic (exact) mass is 216 g/mol. The Morgan fingerprint density at radius 2 is 2.06 bits per heavy atom. The number of benzene rings is 1. The van der Waals surface area contributed by atoms with Gasteiger partial charge in [-0.25, -0.2) is 0 Å². The largest absolute Gasteiger partial charge is 0.357 e. The summed E-state index contributed by atoms with van der Waals surface area (Å²) in [6.07, 6.45) is 4.70. The molecule has 0 unspecified atom stereocenters. The molecule has 1 aromatic carbocycles. The molecule has 3 rings (SSSR count). The van der Waals surface area contributed by atoms with Crippen molar-refractivity contribution in [1.82, 2.24) is 0 Å². The van der Waals surface area contributed by atoms with E-state index in [9.17, 15) is 4.79 Å². The van der Waals surface area contributed by atoms with E-state index in [1.165, 1.54) is 5.56 Å². The smallest absolute Gasteiger partial charge is 0.164 e. The van der Waals surface area contributed by atoms with Crippen molar-refractivity contribution in [3.63, 3.8) is 0 Å². The van der Waals surface area contributed by atoms with Crippen LogP contribution in [0.25, 0.3) is 0 Å². The third-order valence-corrected chi connectivity index (χ3v) is 3.68. The molecule has 0 bridgehead atoms. The summed E-state index contributed by atoms with van der Waals surface area (Å²) in [5, 5.41) is 0. The van der Waals surface area contributed by atoms with E-state index < -0.39 is 0 Å². The van der Waals surface area contributed by atoms with Crippen molar-refractivity contribution in [2.45, 2.75) is 43.8 Å². The van der Waals surface area contributed by atoms with Crippen LogP contribution in [0.2, 0.25) is 0 Å². The van der Waals surface area contributed by atoms with Crippen LogP contribution in [-0.4, -0.2) is 17.5 Å². The number of Topliss-reactive ketones (excluding diaryl/α,β-unsaturated/α-hetero) is 1. The summed E-state index contributed by atoms with van der Waals surface area (Å²) in [4.78, 5) is 11.7. The van der Waals surface area contributed by atoms with Gasteiger partial charge in [0.2, 0.25) is 0 Å². The number of hydrogen-bond donors (Lipinski definition) is 0. The quantitative estimate of drug-likeness (QED) is 0.711. The van der Waals surface area contributed by atoms with Crippen molar-refractivity contribution < 1.29 is 9.53 Å². The maximum absolute atomic E-state index is 11.7. The minimum Gasteiger partial charge on any atom is -0.357 e. The Hall–Kier alpha value is -1.15. The van der Waals surface area contributed by atoms with Crippen LogP contribution in [0.15, 0.2) is 30.3 Å². The van der Waals surface area contributed by atoms with Crippen LogP contribution < -0.4 is 0 Å². The van der Waals surface area contributed by atoms with Crippen molar-refractivity contribution in [3.8, 4) is 0 Å². The number of fused-ring (bicyclic) bond motifs is 1. The Morgan fingerprint density at radius 1 is 1.25 bits per heavy atom. The van der Waals surface area contributed by atoms with Crippen LogP contribution in [0.1, 0.15) is 31.2 Å². The average Bonchev–Trinajstić information content (AvgIpc) is 3.01. The van der Waals surface area contributed by atoms with E-state index in [2.05, 4.69) is 12.1 Å². The van der Waals surface area contributed by atoms with Crippen molar-refractivity contribution in [3.05, 3.63) is 35.9 Å². The molecule has 16 heavy (non-hydrogen) atoms. The Kier molecular flexibility index (Phi) is 2.32. The van der Waals surface area contributed by atoms with Crippen LogP contribution in [-0.2, 0) is 16.0 Å². The highest BCUT2D eigenvalue weighted by Crippen LogP contribution is 2.46. The zero-order chi connectivity index (χ0) is 11.0. The predicted molar refractivity (Wildman–Crippen MR) is 61.2 cm³/mol. The Balaban J connectivity index is 1.78. The fraction of sp³-hybridized carbons (Fsp3) is 0.500. The van der Waals surface area contributed by atoms with Crippen molar-refractivity contribution in [2.24, 2.45) is 0 Å². The molecule has 2 atom stereocenters. The summed E-state index contributed by atoms with van der Waals surface area (Å²) in [6, 6.07) is 10.3. The summed E-state index contributed by atoms with van der Waals surface area (Å²) in [7, 11) is 0. The first-order chi connectivity index (χ1) is 7.80. The maximum Gasteiger partial charge on any atom is 0.164 e. The van der Waals surface area contributed by atoms with Gasteiger partial charge in [-0.3, -0.25) is 4.79 Å². The standard InChI is InChI=1S/C14H16O2/c15-12-8-4-5-9-14(13(12)16-14)10-11-6-2-1-3-7-11/h1-3,6-7,13H,4-5,8-10H2/t13-,14-/m1/s1. The van der Waals surface area contributed by atoms with Gasteiger partial charge in [-0.2, -0.15) is 0 Å². The van der Waals surface area contributed by atoms with E-state index in [4.69, 9.17) is 4.74 Å². The second-order valence-electron chi connectivity index (χ2n) is 4.90. The van der Waals surface area contributed by atoms with Gasteiger partial charge in [0, 0.05) is 12.8 Å². The van der Waals surface area contributed by atoms with Crippen molar-refractivity contribution >= 4 is 5.78 Å². The summed E-state index contributed by atoms with van der Waals surface area (Å²) in [5.41, 5.74) is 1.13. The van der Waals surface area contributed by atoms with Crippen molar-refractivity contribution in [1.29, 1.82) is 0 Å². The first-order valence-corrected chi connectivity index (χ1v) is 6.05. The molecule has 1 heterocycles. The number of hydrogen-bond acceptors (Lipinski definition) is 2. The lowest BCUT2D eigenvalue weighted by Crippen LogP contribution is -2.21. The van der Waals surface area contributed by atoms with E-state index in [-0.39, 0.29) is 11.7 Å². The molecule has 0 aromatic heterocycles. The highest BCUT2D eigenvalue weighted by atomic mass is 16.6. The molecule has 1 aliphatic heterocycles. The fourth-order valence-corrected chi connectivity index (χ4v) is 2.77. The number of epoxide rings is 1. The van der Waals surface area contributed by atoms with Gasteiger partial charge >= 0.3 is 0 Å². The topological polar surface area (TPSA) is 29.6 Å². The molecule has 1 aliphatic carbocycles. The summed E-state index contributed by atoms with van der Waals surface area (Å²) in [6.45, 7) is 0. The number of carbonyl (C=O) groups excluding carboxylic acids is 1. The number of ketones is 1. The van der Waals surface area contributed by atoms with Crippen LogP contribution in [0.4, 0.5) is 0 Å². The average molecular weight is 216 g/mol. The fourth-order valence-electron chi connectivity index (χ4n) is 2.77. The molecule has 2 fully saturated rings. The minimum absolute atomic E-state index is 0.102. The van der Waals surface area contributed by atoms with Gasteiger partial charge in [-0.05, 0) is 18.4 Å². The summed E-state index contributed by atoms with van der Waals surface area (Å²) < 4.78 is 5.71. The van der Waals surface area contributed by atoms with Gasteiger partial charge in [0.05, 0.1) is 0 Å². The summed E-state index contributed by atoms with van der Waals surface area (Å²) in [5.74, 6) is 0.313. The number of carbonyl (C=O) groups is 1. The zero-order valence-electron chi connectivity index (χ0n) is 9.32. The molecule has 2 aliphatic rings. The van der Waals surface area contributed by atoms with Gasteiger partial charge in [-0.1, -0.05) is 36.8 Å². The second-order valence-corrected chi connectivity index (χ2v) is 4.90. The number of ether oxygens (including phenoxy) is 1. The van der Waals surface area contributed by atoms with E-state index in [1.807, 2.05) is 18.2 Å². The molecule has 84 valence electrons. The van der Waals surface area contributed by atoms with Crippen LogP contribution in [0.5, 0.6) is 0 Å². The lowest BCUT2D eigenvalue weighted by atomic mass is 9.92. The zero-order valence-corrected chi connectivity index (χ0v) is 9.32. The maximum atomic E-state index is 11.7. The first-order valence-electron chi connectivity index (χ1n) is 6.05. The van der Waals surface area contributed by atoms with Crippen molar-refractivity contribution in [2.75, 3.05) is 0 Å². The molecule has 0 spiro atoms. The van der Waals surface area contributed by atoms with Gasteiger partial charge in [0.15, 0.2) is 5.78 Å². The molecular formula is C14H16O2. The Bertz CT molecular complexity index is 398. The molecule has 1 saturated heterocycles. The molecule has 0 amide bonds. The second kappa shape index (κ2) is 3.70. The molecule has 2 heteroatoms. The molecule has 1 saturated carbocycles. The molecule has 2 nitrogen and oxygen atoms in total. The van der Waals surface area contributed by atoms with E-state index in [0.29, 0.717) is 12.2 Å². The van der Waals surface area contributed by atoms with Gasteiger partial charge in [0.25, 0.3) is 0 Å². The molecule has 0 N–H and O–H groups in total. The van der Waals surface area contributed by atoms with Gasteiger partial charge in [-0.15, -0.1) is 0 Å². The first kappa shape index (κ1) is 10.0. The third kappa shape index (κ3) is 1.67. The van der Waals surface area contributed by atoms with E-state index in [1.54, 1.807) is 0 Å². The minimum atomic E-state index is -0.144. The molecule has 1 aromatic rings. The Morgan fingerprint density at radius 3 is 2.88 bits per heavy atom. The predicted octanol–water partition coefficient (Wildman–Crippen LogP) is 2.51. The molecule has 0 radical (unpaired) electrons. The Labute approximate surface area is 95.6 Å². The number of rotatable bonds is 2. The SMILES string of the molecule is O=C1CCCC[C@]2(Cc3ccccc3)O[C@H]12. The van der Waals surface area contributed by atoms with Gasteiger partial charge < -0.3 is 4.74 Å². The lowest BCUT2D eigenvalue weighted by molar-refractivity contribution is -0.120. The van der Waals surface area contributed by atoms with E-state index in [0.717, 1.165) is 25.7 Å². The highest BCUT2D eigenvalue weighted by molar-refractivity contribution is 5.87. The van der Waals surface area contributed by atoms with E-state index >= 15 is 0 Å². The summed E-state index contributed by atoms with van der Waals surface area (Å²) >= 11 is 0. The van der Waals surface area contributed by atoms with Crippen LogP contribution in [0.3, 0.4) is 0 Å². The van der Waals surface area contributed by atoms with Crippen LogP contribution >= 0.6 is 0 Å². The normalized spacial score (nSPS) is 33.0. The molecular weight excluding hydrogens is 200 g/mol. The third-order valence-electron chi connectivity index (χ3n) is 3.68. The van der Waals surface area contributed by atoms with Crippen LogP contribution in [0, 0.1) is 0 Å². The lowest BCUT2D eigenvalue weighted by Gasteiger charge is -2.10. The highest BCUT2D eigenvalue weighted by Gasteiger charge is 2.59. The van der Waals surface area contributed by atoms with Gasteiger partial charge in [0.1, 0.15) is 11.7 Å².